The molecule has 0 saturated heterocycles. The number of hydrogen-bond acceptors (Lipinski definition) is 4. The summed E-state index contributed by atoms with van der Waals surface area (Å²) >= 11 is 1.52. The molecule has 3 aromatic heterocycles. The van der Waals surface area contributed by atoms with Crippen LogP contribution in [0.2, 0.25) is 0 Å². The molecule has 5 aromatic rings. The first-order valence-corrected chi connectivity index (χ1v) is 10.3. The molecule has 0 saturated carbocycles. The average Bonchev–Trinajstić information content (AvgIpc) is 3.16. The number of rotatable bonds is 4. The number of benzene rings is 2. The minimum Gasteiger partial charge on any atom is -0.307 e. The second-order valence-electron chi connectivity index (χ2n) is 6.83. The lowest BCUT2D eigenvalue weighted by molar-refractivity contribution is 0.814. The van der Waals surface area contributed by atoms with Crippen molar-refractivity contribution in [2.24, 2.45) is 0 Å². The molecule has 0 radical (unpaired) electrons. The number of hydrogen-bond donors (Lipinski definition) is 0. The predicted molar refractivity (Wildman–Crippen MR) is 117 cm³/mol. The van der Waals surface area contributed by atoms with Crippen molar-refractivity contribution in [3.05, 3.63) is 101 Å². The lowest BCUT2D eigenvalue weighted by atomic mass is 10.2. The average molecular weight is 398 g/mol. The molecule has 0 aliphatic carbocycles. The van der Waals surface area contributed by atoms with Gasteiger partial charge in [-0.1, -0.05) is 48.2 Å². The summed E-state index contributed by atoms with van der Waals surface area (Å²) < 4.78 is 3.72. The van der Waals surface area contributed by atoms with E-state index < -0.39 is 0 Å². The molecule has 3 heterocycles. The predicted octanol–water partition coefficient (Wildman–Crippen LogP) is 4.63. The van der Waals surface area contributed by atoms with Crippen LogP contribution in [0.3, 0.4) is 0 Å². The highest BCUT2D eigenvalue weighted by atomic mass is 32.2. The molecular weight excluding hydrogens is 380 g/mol. The van der Waals surface area contributed by atoms with Crippen molar-refractivity contribution in [3.8, 4) is 5.69 Å². The lowest BCUT2D eigenvalue weighted by Gasteiger charge is -2.14. The number of thioether (sulfide) groups is 1. The van der Waals surface area contributed by atoms with E-state index in [1.54, 1.807) is 4.57 Å². The first-order valence-electron chi connectivity index (χ1n) is 9.34. The van der Waals surface area contributed by atoms with E-state index in [2.05, 4.69) is 4.98 Å². The summed E-state index contributed by atoms with van der Waals surface area (Å²) in [6, 6.07) is 21.3. The second kappa shape index (κ2) is 7.22. The molecule has 5 rings (SSSR count). The van der Waals surface area contributed by atoms with Crippen molar-refractivity contribution in [3.63, 3.8) is 0 Å². The third-order valence-electron chi connectivity index (χ3n) is 4.86. The van der Waals surface area contributed by atoms with Crippen LogP contribution in [0.1, 0.15) is 11.3 Å². The van der Waals surface area contributed by atoms with Crippen molar-refractivity contribution < 1.29 is 0 Å². The summed E-state index contributed by atoms with van der Waals surface area (Å²) in [7, 11) is 0. The van der Waals surface area contributed by atoms with Gasteiger partial charge in [0, 0.05) is 18.1 Å². The van der Waals surface area contributed by atoms with Gasteiger partial charge in [-0.15, -0.1) is 0 Å². The summed E-state index contributed by atoms with van der Waals surface area (Å²) in [6.45, 7) is 2.01. The van der Waals surface area contributed by atoms with E-state index in [1.807, 2.05) is 90.4 Å². The maximum absolute atomic E-state index is 13.3. The highest BCUT2D eigenvalue weighted by Gasteiger charge is 2.15. The number of aromatic nitrogens is 4. The number of para-hydroxylation sites is 2. The summed E-state index contributed by atoms with van der Waals surface area (Å²) in [5.74, 6) is 0.623. The molecule has 0 fully saturated rings. The van der Waals surface area contributed by atoms with Gasteiger partial charge >= 0.3 is 0 Å². The Hall–Kier alpha value is -3.38. The molecule has 0 bridgehead atoms. The Morgan fingerprint density at radius 1 is 0.931 bits per heavy atom. The Kier molecular flexibility index (Phi) is 4.41. The zero-order valence-electron chi connectivity index (χ0n) is 15.8. The van der Waals surface area contributed by atoms with Gasteiger partial charge in [0.2, 0.25) is 0 Å². The Morgan fingerprint density at radius 2 is 1.72 bits per heavy atom. The third kappa shape index (κ3) is 3.21. The maximum Gasteiger partial charge on any atom is 0.266 e. The monoisotopic (exact) mass is 398 g/mol. The highest BCUT2D eigenvalue weighted by molar-refractivity contribution is 7.98. The zero-order chi connectivity index (χ0) is 19.8. The normalized spacial score (nSPS) is 11.3. The van der Waals surface area contributed by atoms with Crippen LogP contribution in [0.5, 0.6) is 0 Å². The van der Waals surface area contributed by atoms with Crippen molar-refractivity contribution in [2.75, 3.05) is 0 Å². The van der Waals surface area contributed by atoms with Gasteiger partial charge in [0.25, 0.3) is 5.56 Å². The summed E-state index contributed by atoms with van der Waals surface area (Å²) in [5, 5.41) is 1.29. The maximum atomic E-state index is 13.3. The second-order valence-corrected chi connectivity index (χ2v) is 7.77. The molecule has 2 aromatic carbocycles. The zero-order valence-corrected chi connectivity index (χ0v) is 16.6. The molecule has 0 aliphatic heterocycles. The topological polar surface area (TPSA) is 52.2 Å². The highest BCUT2D eigenvalue weighted by Crippen LogP contribution is 2.25. The van der Waals surface area contributed by atoms with Gasteiger partial charge in [-0.3, -0.25) is 9.36 Å². The molecule has 0 spiro atoms. The van der Waals surface area contributed by atoms with Crippen molar-refractivity contribution in [1.29, 1.82) is 0 Å². The summed E-state index contributed by atoms with van der Waals surface area (Å²) in [5.41, 5.74) is 4.39. The molecule has 0 amide bonds. The standard InChI is InChI=1S/C23H18N4OS/c1-16-8-2-5-11-20(16)27-22(28)18-9-3-4-10-19(18)25-23(27)29-15-17-14-26-13-7-6-12-21(26)24-17/h2-14H,15H2,1H3. The van der Waals surface area contributed by atoms with Gasteiger partial charge in [-0.25, -0.2) is 9.97 Å². The fourth-order valence-corrected chi connectivity index (χ4v) is 4.32. The number of pyridine rings is 1. The van der Waals surface area contributed by atoms with Crippen molar-refractivity contribution >= 4 is 28.3 Å². The Morgan fingerprint density at radius 3 is 2.59 bits per heavy atom. The van der Waals surface area contributed by atoms with E-state index in [0.29, 0.717) is 21.8 Å². The number of nitrogens with zero attached hydrogens (tertiary/aromatic N) is 4. The lowest BCUT2D eigenvalue weighted by Crippen LogP contribution is -2.22. The number of imidazole rings is 1. The largest absolute Gasteiger partial charge is 0.307 e. The van der Waals surface area contributed by atoms with Crippen LogP contribution >= 0.6 is 11.8 Å². The Balaban J connectivity index is 1.62. The van der Waals surface area contributed by atoms with Crippen molar-refractivity contribution in [2.45, 2.75) is 17.8 Å². The van der Waals surface area contributed by atoms with Crippen LogP contribution in [-0.4, -0.2) is 18.9 Å². The van der Waals surface area contributed by atoms with E-state index >= 15 is 0 Å². The molecule has 0 unspecified atom stereocenters. The van der Waals surface area contributed by atoms with Crippen LogP contribution in [0.4, 0.5) is 0 Å². The summed E-state index contributed by atoms with van der Waals surface area (Å²) in [6.07, 6.45) is 3.99. The van der Waals surface area contributed by atoms with E-state index in [0.717, 1.165) is 22.6 Å². The minimum absolute atomic E-state index is 0.0533. The van der Waals surface area contributed by atoms with Crippen LogP contribution < -0.4 is 5.56 Å². The van der Waals surface area contributed by atoms with Gasteiger partial charge in [-0.05, 0) is 42.8 Å². The van der Waals surface area contributed by atoms with Gasteiger partial charge in [0.05, 0.1) is 22.3 Å². The molecule has 0 atom stereocenters. The molecule has 5 nitrogen and oxygen atoms in total. The first kappa shape index (κ1) is 17.7. The Bertz CT molecular complexity index is 1370. The fourth-order valence-electron chi connectivity index (χ4n) is 3.43. The van der Waals surface area contributed by atoms with Gasteiger partial charge in [0.1, 0.15) is 5.65 Å². The van der Waals surface area contributed by atoms with Crippen LogP contribution in [0, 0.1) is 6.92 Å². The molecule has 0 N–H and O–H groups in total. The molecule has 0 aliphatic rings. The van der Waals surface area contributed by atoms with Gasteiger partial charge in [-0.2, -0.15) is 0 Å². The van der Waals surface area contributed by atoms with Gasteiger partial charge in [0.15, 0.2) is 5.16 Å². The number of aryl methyl sites for hydroxylation is 1. The number of fused-ring (bicyclic) bond motifs is 2. The van der Waals surface area contributed by atoms with Crippen LogP contribution in [0.15, 0.2) is 89.1 Å². The molecule has 6 heteroatoms. The minimum atomic E-state index is -0.0533. The third-order valence-corrected chi connectivity index (χ3v) is 5.84. The fraction of sp³-hybridized carbons (Fsp3) is 0.0870. The van der Waals surface area contributed by atoms with E-state index in [4.69, 9.17) is 4.98 Å². The SMILES string of the molecule is Cc1ccccc1-n1c(SCc2cn3ccccc3n2)nc2ccccc2c1=O. The molecule has 29 heavy (non-hydrogen) atoms. The van der Waals surface area contributed by atoms with Crippen molar-refractivity contribution in [1.82, 2.24) is 18.9 Å². The molecule has 142 valence electrons. The Labute approximate surface area is 171 Å². The summed E-state index contributed by atoms with van der Waals surface area (Å²) in [4.78, 5) is 22.8. The van der Waals surface area contributed by atoms with Crippen LogP contribution in [-0.2, 0) is 5.75 Å². The quantitative estimate of drug-likeness (QED) is 0.327. The van der Waals surface area contributed by atoms with Gasteiger partial charge < -0.3 is 4.40 Å². The first-order chi connectivity index (χ1) is 14.2. The van der Waals surface area contributed by atoms with E-state index in [-0.39, 0.29) is 5.56 Å². The van der Waals surface area contributed by atoms with E-state index in [1.165, 1.54) is 11.8 Å². The smallest absolute Gasteiger partial charge is 0.266 e. The van der Waals surface area contributed by atoms with Crippen LogP contribution in [0.25, 0.3) is 22.2 Å². The van der Waals surface area contributed by atoms with E-state index in [9.17, 15) is 4.79 Å². The molecular formula is C23H18N4OS.